The van der Waals surface area contributed by atoms with Crippen LogP contribution in [-0.4, -0.2) is 11.8 Å². The summed E-state index contributed by atoms with van der Waals surface area (Å²) in [6.07, 6.45) is 0. The Morgan fingerprint density at radius 1 is 0.696 bits per heavy atom. The van der Waals surface area contributed by atoms with E-state index >= 15 is 0 Å². The molecular formula is C14H6F5NO2S. The average molecular weight is 347 g/mol. The van der Waals surface area contributed by atoms with E-state index < -0.39 is 46.6 Å². The van der Waals surface area contributed by atoms with Crippen molar-refractivity contribution in [2.24, 2.45) is 0 Å². The van der Waals surface area contributed by atoms with Gasteiger partial charge in [0.2, 0.25) is 5.82 Å². The summed E-state index contributed by atoms with van der Waals surface area (Å²) in [5, 5.41) is 0. The monoisotopic (exact) mass is 347 g/mol. The smallest absolute Gasteiger partial charge is 0.267 e. The minimum Gasteiger partial charge on any atom is -0.268 e. The van der Waals surface area contributed by atoms with Crippen LogP contribution in [0.15, 0.2) is 0 Å². The molecule has 0 fully saturated rings. The Morgan fingerprint density at radius 2 is 1.04 bits per heavy atom. The molecule has 3 nitrogen and oxygen atoms in total. The first-order valence-corrected chi connectivity index (χ1v) is 7.00. The van der Waals surface area contributed by atoms with Gasteiger partial charge in [0.05, 0.1) is 11.1 Å². The number of amides is 2. The van der Waals surface area contributed by atoms with Gasteiger partial charge in [-0.1, -0.05) is 0 Å². The zero-order valence-electron chi connectivity index (χ0n) is 11.6. The summed E-state index contributed by atoms with van der Waals surface area (Å²) >= 11 is 1.13. The van der Waals surface area contributed by atoms with Gasteiger partial charge < -0.3 is 0 Å². The lowest BCUT2D eigenvalue weighted by molar-refractivity contribution is 0.0922. The molecule has 0 N–H and O–H groups in total. The second-order valence-corrected chi connectivity index (χ2v) is 6.26. The Balaban J connectivity index is 2.29. The maximum atomic E-state index is 13.9. The summed E-state index contributed by atoms with van der Waals surface area (Å²) in [4.78, 5) is 25.4. The fourth-order valence-electron chi connectivity index (χ4n) is 2.51. The number of thiophene rings is 1. The minimum atomic E-state index is -2.36. The third-order valence-corrected chi connectivity index (χ3v) is 4.53. The van der Waals surface area contributed by atoms with Gasteiger partial charge in [0.25, 0.3) is 11.8 Å². The van der Waals surface area contributed by atoms with E-state index in [-0.39, 0.29) is 16.0 Å². The van der Waals surface area contributed by atoms with Crippen LogP contribution in [-0.2, 0) is 0 Å². The Bertz CT molecular complexity index is 840. The molecule has 0 aliphatic carbocycles. The fourth-order valence-corrected chi connectivity index (χ4v) is 3.55. The predicted octanol–water partition coefficient (Wildman–Crippen LogP) is 3.86. The van der Waals surface area contributed by atoms with E-state index in [0.29, 0.717) is 9.75 Å². The molecule has 2 aromatic rings. The number of fused-ring (bicyclic) bond motifs is 1. The highest BCUT2D eigenvalue weighted by atomic mass is 32.1. The minimum absolute atomic E-state index is 0.00630. The molecule has 1 aromatic carbocycles. The largest absolute Gasteiger partial charge is 0.268 e. The second-order valence-electron chi connectivity index (χ2n) is 4.83. The number of hydrogen-bond donors (Lipinski definition) is 0. The number of benzene rings is 1. The number of carbonyl (C=O) groups excluding carboxylic acids is 2. The molecule has 0 atom stereocenters. The molecule has 120 valence electrons. The second kappa shape index (κ2) is 4.85. The number of halogens is 5. The van der Waals surface area contributed by atoms with Gasteiger partial charge in [-0.25, -0.2) is 26.9 Å². The lowest BCUT2D eigenvalue weighted by atomic mass is 10.1. The molecule has 0 radical (unpaired) electrons. The first-order chi connectivity index (χ1) is 10.7. The van der Waals surface area contributed by atoms with Gasteiger partial charge in [0, 0.05) is 9.75 Å². The van der Waals surface area contributed by atoms with Crippen molar-refractivity contribution in [3.05, 3.63) is 50.0 Å². The summed E-state index contributed by atoms with van der Waals surface area (Å²) in [6, 6.07) is 0. The van der Waals surface area contributed by atoms with Gasteiger partial charge in [-0.15, -0.1) is 11.3 Å². The Hall–Kier alpha value is -2.29. The van der Waals surface area contributed by atoms with Crippen LogP contribution in [0.25, 0.3) is 0 Å². The highest BCUT2D eigenvalue weighted by Gasteiger charge is 2.44. The molecule has 0 saturated carbocycles. The quantitative estimate of drug-likeness (QED) is 0.340. The van der Waals surface area contributed by atoms with Gasteiger partial charge in [0.15, 0.2) is 23.3 Å². The molecule has 9 heteroatoms. The molecule has 0 spiro atoms. The first kappa shape index (κ1) is 15.6. The number of anilines is 1. The molecule has 0 bridgehead atoms. The SMILES string of the molecule is Cc1sc(C)c2c1C(=O)N(c1c(F)c(F)c(F)c(F)c1F)C2=O. The fraction of sp³-hybridized carbons (Fsp3) is 0.143. The summed E-state index contributed by atoms with van der Waals surface area (Å²) in [7, 11) is 0. The van der Waals surface area contributed by atoms with Crippen LogP contribution in [0, 0.1) is 42.9 Å². The predicted molar refractivity (Wildman–Crippen MR) is 71.2 cm³/mol. The summed E-state index contributed by atoms with van der Waals surface area (Å²) in [5.41, 5.74) is -1.72. The van der Waals surface area contributed by atoms with Crippen molar-refractivity contribution in [3.8, 4) is 0 Å². The summed E-state index contributed by atoms with van der Waals surface area (Å²) in [6.45, 7) is 3.04. The van der Waals surface area contributed by atoms with E-state index in [1.54, 1.807) is 0 Å². The Morgan fingerprint density at radius 3 is 1.43 bits per heavy atom. The molecule has 2 heterocycles. The van der Waals surface area contributed by atoms with Crippen molar-refractivity contribution < 1.29 is 31.5 Å². The highest BCUT2D eigenvalue weighted by molar-refractivity contribution is 7.12. The van der Waals surface area contributed by atoms with Crippen LogP contribution in [0.5, 0.6) is 0 Å². The topological polar surface area (TPSA) is 37.4 Å². The third-order valence-electron chi connectivity index (χ3n) is 3.50. The van der Waals surface area contributed by atoms with Crippen LogP contribution >= 0.6 is 11.3 Å². The van der Waals surface area contributed by atoms with Crippen molar-refractivity contribution >= 4 is 28.8 Å². The van der Waals surface area contributed by atoms with Crippen LogP contribution in [0.3, 0.4) is 0 Å². The zero-order valence-corrected chi connectivity index (χ0v) is 12.4. The highest BCUT2D eigenvalue weighted by Crippen LogP contribution is 2.40. The van der Waals surface area contributed by atoms with Crippen LogP contribution in [0.2, 0.25) is 0 Å². The number of aryl methyl sites for hydroxylation is 2. The lowest BCUT2D eigenvalue weighted by Crippen LogP contribution is -2.32. The van der Waals surface area contributed by atoms with Crippen LogP contribution in [0.4, 0.5) is 27.6 Å². The number of imide groups is 1. The van der Waals surface area contributed by atoms with Crippen molar-refractivity contribution in [1.82, 2.24) is 0 Å². The molecule has 0 unspecified atom stereocenters. The standard InChI is InChI=1S/C14H6F5NO2S/c1-3-5-6(4(2)23-3)14(22)20(13(5)21)12-10(18)8(16)7(15)9(17)11(12)19/h1-2H3. The molecule has 2 amide bonds. The third kappa shape index (κ3) is 1.86. The maximum absolute atomic E-state index is 13.9. The normalized spacial score (nSPS) is 14.0. The zero-order chi connectivity index (χ0) is 17.2. The van der Waals surface area contributed by atoms with Crippen molar-refractivity contribution in [3.63, 3.8) is 0 Å². The molecule has 1 aliphatic heterocycles. The lowest BCUT2D eigenvalue weighted by Gasteiger charge is -2.17. The first-order valence-electron chi connectivity index (χ1n) is 6.18. The Labute approximate surface area is 129 Å². The molecular weight excluding hydrogens is 341 g/mol. The van der Waals surface area contributed by atoms with E-state index in [9.17, 15) is 31.5 Å². The molecule has 1 aliphatic rings. The number of carbonyl (C=O) groups is 2. The molecule has 0 saturated heterocycles. The van der Waals surface area contributed by atoms with Gasteiger partial charge >= 0.3 is 0 Å². The van der Waals surface area contributed by atoms with Gasteiger partial charge in [-0.05, 0) is 13.8 Å². The van der Waals surface area contributed by atoms with Gasteiger partial charge in [0.1, 0.15) is 5.69 Å². The maximum Gasteiger partial charge on any atom is 0.267 e. The average Bonchev–Trinajstić information content (AvgIpc) is 2.93. The molecule has 3 rings (SSSR count). The molecule has 1 aromatic heterocycles. The summed E-state index contributed by atoms with van der Waals surface area (Å²) < 4.78 is 67.5. The van der Waals surface area contributed by atoms with Crippen molar-refractivity contribution in [1.29, 1.82) is 0 Å². The van der Waals surface area contributed by atoms with E-state index in [2.05, 4.69) is 0 Å². The van der Waals surface area contributed by atoms with Gasteiger partial charge in [-0.2, -0.15) is 0 Å². The van der Waals surface area contributed by atoms with Crippen LogP contribution in [0.1, 0.15) is 30.5 Å². The number of hydrogen-bond acceptors (Lipinski definition) is 3. The number of nitrogens with zero attached hydrogens (tertiary/aromatic N) is 1. The number of rotatable bonds is 1. The van der Waals surface area contributed by atoms with E-state index in [1.807, 2.05) is 0 Å². The van der Waals surface area contributed by atoms with Gasteiger partial charge in [-0.3, -0.25) is 9.59 Å². The van der Waals surface area contributed by atoms with E-state index in [1.165, 1.54) is 13.8 Å². The van der Waals surface area contributed by atoms with E-state index in [0.717, 1.165) is 11.3 Å². The van der Waals surface area contributed by atoms with Crippen LogP contribution < -0.4 is 4.90 Å². The summed E-state index contributed by atoms with van der Waals surface area (Å²) in [5.74, 6) is -13.5. The Kier molecular flexibility index (Phi) is 3.29. The van der Waals surface area contributed by atoms with Crippen molar-refractivity contribution in [2.75, 3.05) is 4.90 Å². The van der Waals surface area contributed by atoms with E-state index in [4.69, 9.17) is 0 Å². The molecule has 23 heavy (non-hydrogen) atoms. The van der Waals surface area contributed by atoms with Crippen molar-refractivity contribution in [2.45, 2.75) is 13.8 Å².